The van der Waals surface area contributed by atoms with Crippen molar-refractivity contribution < 1.29 is 9.53 Å². The van der Waals surface area contributed by atoms with Crippen molar-refractivity contribution in [3.63, 3.8) is 0 Å². The molecule has 0 heterocycles. The first-order valence-electron chi connectivity index (χ1n) is 5.16. The van der Waals surface area contributed by atoms with Crippen LogP contribution in [0.25, 0.3) is 0 Å². The Bertz CT molecular complexity index is 402. The summed E-state index contributed by atoms with van der Waals surface area (Å²) in [5, 5.41) is 2.83. The molecule has 0 aliphatic rings. The fourth-order valence-corrected chi connectivity index (χ4v) is 1.39. The average molecular weight is 222 g/mol. The van der Waals surface area contributed by atoms with Crippen LogP contribution in [0.3, 0.4) is 0 Å². The molecule has 4 heteroatoms. The number of nitrogens with one attached hydrogen (secondary N) is 1. The molecular formula is C12H18N2O2. The minimum absolute atomic E-state index is 0.167. The summed E-state index contributed by atoms with van der Waals surface area (Å²) in [6, 6.07) is 3.72. The third kappa shape index (κ3) is 2.52. The van der Waals surface area contributed by atoms with Crippen molar-refractivity contribution in [2.45, 2.75) is 26.9 Å². The van der Waals surface area contributed by atoms with E-state index >= 15 is 0 Å². The van der Waals surface area contributed by atoms with Crippen LogP contribution in [-0.2, 0) is 9.53 Å². The first-order valence-corrected chi connectivity index (χ1v) is 5.16. The fourth-order valence-electron chi connectivity index (χ4n) is 1.39. The number of nitrogens with two attached hydrogens (primary N) is 1. The lowest BCUT2D eigenvalue weighted by atomic mass is 10.1. The standard InChI is InChI=1S/C12H18N2O2/c1-7-5-6-10(13)8(2)11(7)14-12(15)9(3)16-4/h5-6,9H,13H2,1-4H3,(H,14,15). The number of ether oxygens (including phenoxy) is 1. The molecule has 1 unspecified atom stereocenters. The molecule has 1 atom stereocenters. The first-order chi connectivity index (χ1) is 7.47. The topological polar surface area (TPSA) is 64.3 Å². The second-order valence-corrected chi connectivity index (χ2v) is 3.84. The molecule has 16 heavy (non-hydrogen) atoms. The molecule has 0 saturated heterocycles. The van der Waals surface area contributed by atoms with E-state index in [9.17, 15) is 4.79 Å². The van der Waals surface area contributed by atoms with Crippen molar-refractivity contribution in [1.82, 2.24) is 0 Å². The van der Waals surface area contributed by atoms with Crippen LogP contribution in [0.5, 0.6) is 0 Å². The van der Waals surface area contributed by atoms with Crippen molar-refractivity contribution in [3.05, 3.63) is 23.3 Å². The smallest absolute Gasteiger partial charge is 0.253 e. The van der Waals surface area contributed by atoms with E-state index in [0.717, 1.165) is 16.8 Å². The predicted octanol–water partition coefficient (Wildman–Crippen LogP) is 1.86. The molecule has 1 rings (SSSR count). The van der Waals surface area contributed by atoms with E-state index in [1.54, 1.807) is 6.92 Å². The van der Waals surface area contributed by atoms with E-state index in [-0.39, 0.29) is 5.91 Å². The maximum atomic E-state index is 11.7. The van der Waals surface area contributed by atoms with Gasteiger partial charge in [0.2, 0.25) is 0 Å². The first kappa shape index (κ1) is 12.5. The molecule has 1 aromatic carbocycles. The highest BCUT2D eigenvalue weighted by Gasteiger charge is 2.14. The number of hydrogen-bond donors (Lipinski definition) is 2. The van der Waals surface area contributed by atoms with Crippen molar-refractivity contribution in [1.29, 1.82) is 0 Å². The zero-order valence-corrected chi connectivity index (χ0v) is 10.1. The van der Waals surface area contributed by atoms with E-state index in [1.807, 2.05) is 26.0 Å². The van der Waals surface area contributed by atoms with Gasteiger partial charge in [0.1, 0.15) is 6.10 Å². The summed E-state index contributed by atoms with van der Waals surface area (Å²) in [6.07, 6.45) is -0.472. The lowest BCUT2D eigenvalue weighted by molar-refractivity contribution is -0.124. The molecule has 0 spiro atoms. The summed E-state index contributed by atoms with van der Waals surface area (Å²) in [5.74, 6) is -0.167. The van der Waals surface area contributed by atoms with Crippen molar-refractivity contribution in [3.8, 4) is 0 Å². The number of anilines is 2. The Kier molecular flexibility index (Phi) is 3.90. The van der Waals surface area contributed by atoms with Crippen molar-refractivity contribution >= 4 is 17.3 Å². The third-order valence-corrected chi connectivity index (χ3v) is 2.69. The molecule has 0 aliphatic heterocycles. The number of amides is 1. The number of rotatable bonds is 3. The van der Waals surface area contributed by atoms with Crippen molar-refractivity contribution in [2.75, 3.05) is 18.2 Å². The summed E-state index contributed by atoms with van der Waals surface area (Å²) >= 11 is 0. The third-order valence-electron chi connectivity index (χ3n) is 2.69. The van der Waals surface area contributed by atoms with Gasteiger partial charge in [0.15, 0.2) is 0 Å². The zero-order valence-electron chi connectivity index (χ0n) is 10.1. The Morgan fingerprint density at radius 1 is 1.44 bits per heavy atom. The van der Waals surface area contributed by atoms with Gasteiger partial charge in [-0.05, 0) is 38.0 Å². The Labute approximate surface area is 95.8 Å². The van der Waals surface area contributed by atoms with Gasteiger partial charge in [-0.15, -0.1) is 0 Å². The van der Waals surface area contributed by atoms with Gasteiger partial charge in [0.05, 0.1) is 0 Å². The number of carbonyl (C=O) groups is 1. The second-order valence-electron chi connectivity index (χ2n) is 3.84. The van der Waals surface area contributed by atoms with Crippen LogP contribution >= 0.6 is 0 Å². The molecular weight excluding hydrogens is 204 g/mol. The maximum absolute atomic E-state index is 11.7. The van der Waals surface area contributed by atoms with Crippen LogP contribution in [0, 0.1) is 13.8 Å². The Morgan fingerprint density at radius 2 is 2.06 bits per heavy atom. The van der Waals surface area contributed by atoms with Crippen molar-refractivity contribution in [2.24, 2.45) is 0 Å². The summed E-state index contributed by atoms with van der Waals surface area (Å²) < 4.78 is 4.95. The van der Waals surface area contributed by atoms with Gasteiger partial charge in [-0.1, -0.05) is 6.07 Å². The lowest BCUT2D eigenvalue weighted by Gasteiger charge is -2.15. The number of methoxy groups -OCH3 is 1. The fraction of sp³-hybridized carbons (Fsp3) is 0.417. The summed E-state index contributed by atoms with van der Waals surface area (Å²) in [6.45, 7) is 5.52. The van der Waals surface area contributed by atoms with E-state index in [1.165, 1.54) is 7.11 Å². The molecule has 3 N–H and O–H groups in total. The molecule has 0 aliphatic carbocycles. The number of aryl methyl sites for hydroxylation is 1. The summed E-state index contributed by atoms with van der Waals surface area (Å²) in [4.78, 5) is 11.7. The van der Waals surface area contributed by atoms with Crippen LogP contribution in [0.1, 0.15) is 18.1 Å². The van der Waals surface area contributed by atoms with Gasteiger partial charge in [0, 0.05) is 18.5 Å². The Balaban J connectivity index is 2.97. The molecule has 1 amide bonds. The molecule has 88 valence electrons. The summed E-state index contributed by atoms with van der Waals surface area (Å²) in [7, 11) is 1.50. The Morgan fingerprint density at radius 3 is 2.62 bits per heavy atom. The molecule has 1 aromatic rings. The molecule has 4 nitrogen and oxygen atoms in total. The van der Waals surface area contributed by atoms with Gasteiger partial charge < -0.3 is 15.8 Å². The van der Waals surface area contributed by atoms with Crippen LogP contribution in [0.2, 0.25) is 0 Å². The zero-order chi connectivity index (χ0) is 12.3. The number of hydrogen-bond acceptors (Lipinski definition) is 3. The highest BCUT2D eigenvalue weighted by molar-refractivity contribution is 5.96. The molecule has 0 fully saturated rings. The molecule has 0 radical (unpaired) electrons. The lowest BCUT2D eigenvalue weighted by Crippen LogP contribution is -2.27. The number of benzene rings is 1. The van der Waals surface area contributed by atoms with E-state index < -0.39 is 6.10 Å². The van der Waals surface area contributed by atoms with Gasteiger partial charge in [-0.2, -0.15) is 0 Å². The summed E-state index contributed by atoms with van der Waals surface area (Å²) in [5.41, 5.74) is 9.11. The highest BCUT2D eigenvalue weighted by atomic mass is 16.5. The number of nitrogen functional groups attached to an aromatic ring is 1. The van der Waals surface area contributed by atoms with E-state index in [4.69, 9.17) is 10.5 Å². The highest BCUT2D eigenvalue weighted by Crippen LogP contribution is 2.25. The van der Waals surface area contributed by atoms with Crippen LogP contribution in [0.4, 0.5) is 11.4 Å². The maximum Gasteiger partial charge on any atom is 0.253 e. The quantitative estimate of drug-likeness (QED) is 0.767. The number of carbonyl (C=O) groups excluding carboxylic acids is 1. The Hall–Kier alpha value is -1.55. The minimum atomic E-state index is -0.472. The monoisotopic (exact) mass is 222 g/mol. The van der Waals surface area contributed by atoms with Crippen LogP contribution in [0.15, 0.2) is 12.1 Å². The van der Waals surface area contributed by atoms with Gasteiger partial charge >= 0.3 is 0 Å². The molecule has 0 saturated carbocycles. The largest absolute Gasteiger partial charge is 0.398 e. The molecule has 0 bridgehead atoms. The molecule has 0 aromatic heterocycles. The SMILES string of the molecule is COC(C)C(=O)Nc1c(C)ccc(N)c1C. The normalized spacial score (nSPS) is 12.2. The van der Waals surface area contributed by atoms with E-state index in [0.29, 0.717) is 5.69 Å². The predicted molar refractivity (Wildman–Crippen MR) is 65.4 cm³/mol. The minimum Gasteiger partial charge on any atom is -0.398 e. The van der Waals surface area contributed by atoms with Gasteiger partial charge in [-0.25, -0.2) is 0 Å². The second kappa shape index (κ2) is 4.99. The van der Waals surface area contributed by atoms with Crippen LogP contribution in [-0.4, -0.2) is 19.1 Å². The average Bonchev–Trinajstić information content (AvgIpc) is 2.28. The van der Waals surface area contributed by atoms with Gasteiger partial charge in [-0.3, -0.25) is 4.79 Å². The van der Waals surface area contributed by atoms with Crippen LogP contribution < -0.4 is 11.1 Å². The van der Waals surface area contributed by atoms with Gasteiger partial charge in [0.25, 0.3) is 5.91 Å². The van der Waals surface area contributed by atoms with E-state index in [2.05, 4.69) is 5.32 Å².